The first-order valence-electron chi connectivity index (χ1n) is 9.43. The lowest BCUT2D eigenvalue weighted by Gasteiger charge is -2.46. The number of amides is 1. The van der Waals surface area contributed by atoms with Crippen LogP contribution in [0.2, 0.25) is 0 Å². The molecule has 0 unspecified atom stereocenters. The molecule has 30 heavy (non-hydrogen) atoms. The van der Waals surface area contributed by atoms with Crippen molar-refractivity contribution < 1.29 is 28.7 Å². The van der Waals surface area contributed by atoms with E-state index in [1.54, 1.807) is 20.8 Å². The molecule has 2 N–H and O–H groups in total. The van der Waals surface area contributed by atoms with Crippen LogP contribution < -0.4 is 5.32 Å². The summed E-state index contributed by atoms with van der Waals surface area (Å²) in [6.07, 6.45) is -0.734. The van der Waals surface area contributed by atoms with Crippen molar-refractivity contribution in [3.8, 4) is 0 Å². The molecule has 0 spiro atoms. The Morgan fingerprint density at radius 2 is 2.27 bits per heavy atom. The number of rotatable bonds is 3. The van der Waals surface area contributed by atoms with Crippen LogP contribution in [0.3, 0.4) is 0 Å². The van der Waals surface area contributed by atoms with Gasteiger partial charge < -0.3 is 14.6 Å². The summed E-state index contributed by atoms with van der Waals surface area (Å²) in [5.74, 6) is -0.450. The summed E-state index contributed by atoms with van der Waals surface area (Å²) in [6.45, 7) is 4.90. The Labute approximate surface area is 177 Å². The molecule has 0 bridgehead atoms. The molecule has 0 saturated carbocycles. The number of aliphatic imine (C=N–C) groups is 1. The third-order valence-electron chi connectivity index (χ3n) is 4.92. The van der Waals surface area contributed by atoms with Gasteiger partial charge in [-0.15, -0.1) is 0 Å². The molecule has 2 aliphatic heterocycles. The van der Waals surface area contributed by atoms with Crippen LogP contribution in [0, 0.1) is 21.8 Å². The van der Waals surface area contributed by atoms with E-state index in [1.807, 2.05) is 0 Å². The minimum Gasteiger partial charge on any atom is -0.444 e. The van der Waals surface area contributed by atoms with E-state index in [0.29, 0.717) is 12.2 Å². The number of aliphatic hydroxyl groups excluding tert-OH is 1. The first kappa shape index (κ1) is 22.4. The Balaban J connectivity index is 2.02. The summed E-state index contributed by atoms with van der Waals surface area (Å²) < 4.78 is 25.8. The molecular weight excluding hydrogens is 417 g/mol. The van der Waals surface area contributed by atoms with E-state index in [0.717, 1.165) is 18.2 Å². The fourth-order valence-electron chi connectivity index (χ4n) is 3.56. The number of non-ortho nitro benzene ring substituents is 1. The normalized spacial score (nSPS) is 26.4. The number of nitro benzene ring substituents is 1. The van der Waals surface area contributed by atoms with Crippen molar-refractivity contribution in [2.75, 3.05) is 19.0 Å². The number of carbonyl (C=O) groups is 1. The fraction of sp³-hybridized carbons (Fsp3) is 0.579. The number of hydrogen-bond donors (Lipinski definition) is 2. The largest absolute Gasteiger partial charge is 0.444 e. The average molecular weight is 441 g/mol. The molecule has 3 atom stereocenters. The Bertz CT molecular complexity index is 874. The van der Waals surface area contributed by atoms with Gasteiger partial charge in [-0.3, -0.25) is 15.4 Å². The maximum absolute atomic E-state index is 14.9. The third-order valence-corrected chi connectivity index (χ3v) is 5.96. The number of carbonyl (C=O) groups excluding carboxylic acids is 1. The SMILES string of the molecule is CC(C)(C)OC(=O)NC1=N[C@@]2(c3cc([N+](=O)[O-])ccc3F)CO[C@@H](CO)C[C@H]2CS1. The topological polar surface area (TPSA) is 123 Å². The van der Waals surface area contributed by atoms with Crippen LogP contribution in [0.5, 0.6) is 0 Å². The number of benzene rings is 1. The number of fused-ring (bicyclic) bond motifs is 1. The van der Waals surface area contributed by atoms with Crippen molar-refractivity contribution >= 4 is 28.7 Å². The van der Waals surface area contributed by atoms with E-state index >= 15 is 0 Å². The summed E-state index contributed by atoms with van der Waals surface area (Å²) in [4.78, 5) is 27.4. The van der Waals surface area contributed by atoms with E-state index < -0.39 is 34.1 Å². The Hall–Kier alpha value is -2.24. The Morgan fingerprint density at radius 3 is 2.90 bits per heavy atom. The third kappa shape index (κ3) is 4.73. The van der Waals surface area contributed by atoms with Crippen molar-refractivity contribution in [3.05, 3.63) is 39.7 Å². The van der Waals surface area contributed by atoms with Crippen LogP contribution in [-0.4, -0.2) is 52.0 Å². The molecule has 1 amide bonds. The quantitative estimate of drug-likeness (QED) is 0.546. The van der Waals surface area contributed by atoms with Gasteiger partial charge in [0.1, 0.15) is 17.0 Å². The van der Waals surface area contributed by atoms with Crippen LogP contribution in [0.25, 0.3) is 0 Å². The molecule has 1 aromatic rings. The van der Waals surface area contributed by atoms with Gasteiger partial charge in [0.15, 0.2) is 5.17 Å². The van der Waals surface area contributed by atoms with Crippen molar-refractivity contribution in [2.24, 2.45) is 10.9 Å². The van der Waals surface area contributed by atoms with Gasteiger partial charge in [0.2, 0.25) is 0 Å². The second-order valence-corrected chi connectivity index (χ2v) is 9.26. The van der Waals surface area contributed by atoms with Crippen LogP contribution >= 0.6 is 11.8 Å². The van der Waals surface area contributed by atoms with E-state index in [9.17, 15) is 24.4 Å². The van der Waals surface area contributed by atoms with Gasteiger partial charge in [-0.25, -0.2) is 14.2 Å². The van der Waals surface area contributed by atoms with Crippen LogP contribution in [0.1, 0.15) is 32.8 Å². The number of hydrogen-bond acceptors (Lipinski definition) is 8. The lowest BCUT2D eigenvalue weighted by molar-refractivity contribution is -0.385. The van der Waals surface area contributed by atoms with Gasteiger partial charge in [-0.05, 0) is 33.3 Å². The molecule has 0 radical (unpaired) electrons. The van der Waals surface area contributed by atoms with Crippen LogP contribution in [0.4, 0.5) is 14.9 Å². The first-order chi connectivity index (χ1) is 14.0. The maximum atomic E-state index is 14.9. The monoisotopic (exact) mass is 441 g/mol. The van der Waals surface area contributed by atoms with E-state index in [-0.39, 0.29) is 35.6 Å². The molecule has 1 fully saturated rings. The van der Waals surface area contributed by atoms with Gasteiger partial charge in [-0.1, -0.05) is 11.8 Å². The minimum atomic E-state index is -1.27. The number of halogens is 1. The number of nitrogens with zero attached hydrogens (tertiary/aromatic N) is 2. The molecule has 9 nitrogen and oxygen atoms in total. The van der Waals surface area contributed by atoms with Crippen molar-refractivity contribution in [3.63, 3.8) is 0 Å². The molecule has 11 heteroatoms. The van der Waals surface area contributed by atoms with Crippen molar-refractivity contribution in [1.29, 1.82) is 0 Å². The smallest absolute Gasteiger partial charge is 0.413 e. The number of nitrogens with one attached hydrogen (secondary N) is 1. The van der Waals surface area contributed by atoms with Crippen LogP contribution in [-0.2, 0) is 15.0 Å². The predicted molar refractivity (Wildman–Crippen MR) is 109 cm³/mol. The summed E-state index contributed by atoms with van der Waals surface area (Å²) in [7, 11) is 0. The van der Waals surface area contributed by atoms with Crippen LogP contribution in [0.15, 0.2) is 23.2 Å². The van der Waals surface area contributed by atoms with Crippen molar-refractivity contribution in [1.82, 2.24) is 5.32 Å². The molecule has 0 aliphatic carbocycles. The fourth-order valence-corrected chi connectivity index (χ4v) is 4.72. The van der Waals surface area contributed by atoms with Gasteiger partial charge in [0.05, 0.1) is 24.2 Å². The molecule has 3 rings (SSSR count). The highest BCUT2D eigenvalue weighted by molar-refractivity contribution is 8.13. The second kappa shape index (κ2) is 8.48. The van der Waals surface area contributed by atoms with E-state index in [2.05, 4.69) is 10.3 Å². The predicted octanol–water partition coefficient (Wildman–Crippen LogP) is 2.95. The van der Waals surface area contributed by atoms with E-state index in [1.165, 1.54) is 11.8 Å². The summed E-state index contributed by atoms with van der Waals surface area (Å²) >= 11 is 1.27. The second-order valence-electron chi connectivity index (χ2n) is 8.25. The number of alkyl carbamates (subject to hydrolysis) is 1. The van der Waals surface area contributed by atoms with Gasteiger partial charge in [-0.2, -0.15) is 0 Å². The molecule has 2 heterocycles. The number of aliphatic hydroxyl groups is 1. The molecule has 0 aromatic heterocycles. The number of thioether (sulfide) groups is 1. The molecule has 164 valence electrons. The van der Waals surface area contributed by atoms with Gasteiger partial charge >= 0.3 is 6.09 Å². The lowest BCUT2D eigenvalue weighted by Crippen LogP contribution is -2.52. The minimum absolute atomic E-state index is 0.0295. The molecule has 1 saturated heterocycles. The zero-order valence-electron chi connectivity index (χ0n) is 16.9. The zero-order chi connectivity index (χ0) is 22.1. The Morgan fingerprint density at radius 1 is 1.53 bits per heavy atom. The van der Waals surface area contributed by atoms with Gasteiger partial charge in [0.25, 0.3) is 5.69 Å². The van der Waals surface area contributed by atoms with E-state index in [4.69, 9.17) is 9.47 Å². The standard InChI is InChI=1S/C19H24FN3O6S/c1-18(2,3)29-17(25)21-16-22-19(10-28-13(8-24)6-11(19)9-30-16)14-7-12(23(26)27)4-5-15(14)20/h4-5,7,11,13,24H,6,8-10H2,1-3H3,(H,21,22,25)/t11-,13+,19-/m0/s1. The lowest BCUT2D eigenvalue weighted by atomic mass is 9.75. The summed E-state index contributed by atoms with van der Waals surface area (Å²) in [5, 5.41) is 23.5. The first-order valence-corrected chi connectivity index (χ1v) is 10.4. The van der Waals surface area contributed by atoms with Crippen molar-refractivity contribution in [2.45, 2.75) is 44.4 Å². The molecule has 2 aliphatic rings. The highest BCUT2D eigenvalue weighted by atomic mass is 32.2. The highest BCUT2D eigenvalue weighted by Crippen LogP contribution is 2.47. The van der Waals surface area contributed by atoms with Gasteiger partial charge in [0, 0.05) is 29.4 Å². The number of ether oxygens (including phenoxy) is 2. The summed E-state index contributed by atoms with van der Waals surface area (Å²) in [6, 6.07) is 3.29. The number of amidine groups is 1. The Kier molecular flexibility index (Phi) is 6.34. The maximum Gasteiger partial charge on any atom is 0.413 e. The average Bonchev–Trinajstić information content (AvgIpc) is 2.66. The summed E-state index contributed by atoms with van der Waals surface area (Å²) in [5.41, 5.74) is -2.21. The highest BCUT2D eigenvalue weighted by Gasteiger charge is 2.50. The zero-order valence-corrected chi connectivity index (χ0v) is 17.7. The molecular formula is C19H24FN3O6S. The molecule has 1 aromatic carbocycles. The number of nitro groups is 1.